The minimum Gasteiger partial charge on any atom is -0.495 e. The zero-order chi connectivity index (χ0) is 14.8. The minimum atomic E-state index is -0.113. The Hall–Kier alpha value is -2.48. The molecule has 0 aliphatic rings. The first kappa shape index (κ1) is 15.6. The molecule has 0 aromatic heterocycles. The van der Waals surface area contributed by atoms with Crippen LogP contribution in [0.15, 0.2) is 30.4 Å². The van der Waals surface area contributed by atoms with Crippen molar-refractivity contribution in [1.82, 2.24) is 0 Å². The molecule has 0 heterocycles. The first-order valence-electron chi connectivity index (χ1n) is 6.39. The van der Waals surface area contributed by atoms with Gasteiger partial charge in [0.05, 0.1) is 18.9 Å². The molecule has 0 atom stereocenters. The minimum absolute atomic E-state index is 0.113. The van der Waals surface area contributed by atoms with Crippen molar-refractivity contribution in [2.75, 3.05) is 24.3 Å². The van der Waals surface area contributed by atoms with E-state index in [-0.39, 0.29) is 5.91 Å². The number of hydrogen-bond acceptors (Lipinski definition) is 4. The number of carbonyl (C=O) groups excluding carboxylic acids is 1. The molecule has 106 valence electrons. The van der Waals surface area contributed by atoms with Crippen molar-refractivity contribution in [3.8, 4) is 11.8 Å². The quantitative estimate of drug-likeness (QED) is 0.591. The monoisotopic (exact) mass is 273 g/mol. The summed E-state index contributed by atoms with van der Waals surface area (Å²) in [5.41, 5.74) is 1.53. The summed E-state index contributed by atoms with van der Waals surface area (Å²) < 4.78 is 5.26. The number of nitrogens with one attached hydrogen (secondary N) is 2. The molecule has 2 N–H and O–H groups in total. The number of methoxy groups -OCH3 is 1. The highest BCUT2D eigenvalue weighted by molar-refractivity contribution is 5.89. The number of rotatable bonds is 7. The van der Waals surface area contributed by atoms with Crippen molar-refractivity contribution >= 4 is 17.3 Å². The molecule has 0 unspecified atom stereocenters. The van der Waals surface area contributed by atoms with Gasteiger partial charge < -0.3 is 15.4 Å². The van der Waals surface area contributed by atoms with Crippen molar-refractivity contribution in [1.29, 1.82) is 5.26 Å². The summed E-state index contributed by atoms with van der Waals surface area (Å²) in [6.07, 6.45) is 5.20. The number of benzene rings is 1. The molecule has 5 nitrogen and oxygen atoms in total. The first-order chi connectivity index (χ1) is 9.67. The molecule has 1 amide bonds. The molecule has 0 saturated heterocycles. The van der Waals surface area contributed by atoms with Gasteiger partial charge in [-0.1, -0.05) is 12.2 Å². The second kappa shape index (κ2) is 8.59. The topological polar surface area (TPSA) is 74.2 Å². The molecule has 0 aliphatic carbocycles. The number of allylic oxidation sites excluding steroid dienone is 1. The molecule has 0 spiro atoms. The first-order valence-corrected chi connectivity index (χ1v) is 6.39. The number of nitrogens with zero attached hydrogens (tertiary/aromatic N) is 1. The van der Waals surface area contributed by atoms with Crippen LogP contribution in [0.25, 0.3) is 0 Å². The van der Waals surface area contributed by atoms with Gasteiger partial charge >= 0.3 is 0 Å². The molecule has 1 aromatic carbocycles. The Morgan fingerprint density at radius 2 is 2.25 bits per heavy atom. The summed E-state index contributed by atoms with van der Waals surface area (Å²) in [7, 11) is 1.60. The van der Waals surface area contributed by atoms with Gasteiger partial charge in [0, 0.05) is 25.6 Å². The molecule has 0 radical (unpaired) electrons. The molecular formula is C15H19N3O2. The Bertz CT molecular complexity index is 518. The number of hydrogen-bond donors (Lipinski definition) is 2. The predicted octanol–water partition coefficient (Wildman–Crippen LogP) is 2.93. The van der Waals surface area contributed by atoms with Crippen molar-refractivity contribution in [2.45, 2.75) is 19.8 Å². The van der Waals surface area contributed by atoms with Crippen molar-refractivity contribution in [3.05, 3.63) is 30.4 Å². The van der Waals surface area contributed by atoms with Gasteiger partial charge in [-0.15, -0.1) is 0 Å². The average Bonchev–Trinajstić information content (AvgIpc) is 2.42. The molecule has 1 aromatic rings. The van der Waals surface area contributed by atoms with Crippen LogP contribution >= 0.6 is 0 Å². The lowest BCUT2D eigenvalue weighted by Crippen LogP contribution is -2.07. The normalized spacial score (nSPS) is 10.1. The highest BCUT2D eigenvalue weighted by Gasteiger charge is 2.04. The molecular weight excluding hydrogens is 254 g/mol. The van der Waals surface area contributed by atoms with Crippen LogP contribution in [-0.4, -0.2) is 19.6 Å². The van der Waals surface area contributed by atoms with Crippen LogP contribution in [0, 0.1) is 11.3 Å². The van der Waals surface area contributed by atoms with E-state index >= 15 is 0 Å². The standard InChI is InChI=1S/C15H19N3O2/c1-12(19)18-13-7-8-15(20-2)14(11-13)17-10-6-4-3-5-9-16/h4,6-8,11,17H,3,5,10H2,1-2H3,(H,18,19). The Morgan fingerprint density at radius 3 is 2.90 bits per heavy atom. The van der Waals surface area contributed by atoms with E-state index in [1.807, 2.05) is 18.2 Å². The van der Waals surface area contributed by atoms with Gasteiger partial charge in [-0.05, 0) is 24.6 Å². The van der Waals surface area contributed by atoms with Crippen molar-refractivity contribution in [3.63, 3.8) is 0 Å². The van der Waals surface area contributed by atoms with E-state index in [1.165, 1.54) is 6.92 Å². The third-order valence-electron chi connectivity index (χ3n) is 2.52. The van der Waals surface area contributed by atoms with Crippen LogP contribution < -0.4 is 15.4 Å². The molecule has 0 fully saturated rings. The Morgan fingerprint density at radius 1 is 1.45 bits per heavy atom. The van der Waals surface area contributed by atoms with E-state index in [1.54, 1.807) is 19.2 Å². The second-order valence-electron chi connectivity index (χ2n) is 4.15. The largest absolute Gasteiger partial charge is 0.495 e. The fourth-order valence-corrected chi connectivity index (χ4v) is 1.65. The fourth-order valence-electron chi connectivity index (χ4n) is 1.65. The van der Waals surface area contributed by atoms with E-state index in [4.69, 9.17) is 10.00 Å². The summed E-state index contributed by atoms with van der Waals surface area (Å²) >= 11 is 0. The lowest BCUT2D eigenvalue weighted by molar-refractivity contribution is -0.114. The molecule has 0 bridgehead atoms. The van der Waals surface area contributed by atoms with Crippen LogP contribution in [0.5, 0.6) is 5.75 Å². The summed E-state index contributed by atoms with van der Waals surface area (Å²) in [5.74, 6) is 0.599. The van der Waals surface area contributed by atoms with Crippen LogP contribution in [0.4, 0.5) is 11.4 Å². The van der Waals surface area contributed by atoms with E-state index in [0.29, 0.717) is 24.4 Å². The fraction of sp³-hybridized carbons (Fsp3) is 0.333. The summed E-state index contributed by atoms with van der Waals surface area (Å²) in [4.78, 5) is 11.0. The maximum absolute atomic E-state index is 11.0. The maximum atomic E-state index is 11.0. The summed E-state index contributed by atoms with van der Waals surface area (Å²) in [5, 5.41) is 14.4. The van der Waals surface area contributed by atoms with Crippen LogP contribution in [0.3, 0.4) is 0 Å². The number of nitriles is 1. The Balaban J connectivity index is 2.64. The molecule has 1 rings (SSSR count). The predicted molar refractivity (Wildman–Crippen MR) is 79.8 cm³/mol. The zero-order valence-corrected chi connectivity index (χ0v) is 11.8. The SMILES string of the molecule is COc1ccc(NC(C)=O)cc1NCC=CCCC#N. The lowest BCUT2D eigenvalue weighted by atomic mass is 10.2. The molecule has 5 heteroatoms. The van der Waals surface area contributed by atoms with Gasteiger partial charge in [0.25, 0.3) is 0 Å². The average molecular weight is 273 g/mol. The van der Waals surface area contributed by atoms with Gasteiger partial charge in [0.15, 0.2) is 0 Å². The third-order valence-corrected chi connectivity index (χ3v) is 2.52. The van der Waals surface area contributed by atoms with E-state index in [0.717, 1.165) is 12.1 Å². The van der Waals surface area contributed by atoms with E-state index < -0.39 is 0 Å². The molecule has 0 saturated carbocycles. The highest BCUT2D eigenvalue weighted by atomic mass is 16.5. The van der Waals surface area contributed by atoms with E-state index in [9.17, 15) is 4.79 Å². The number of unbranched alkanes of at least 4 members (excludes halogenated alkanes) is 1. The molecule has 20 heavy (non-hydrogen) atoms. The van der Waals surface area contributed by atoms with Gasteiger partial charge in [0.2, 0.25) is 5.91 Å². The van der Waals surface area contributed by atoms with Crippen molar-refractivity contribution in [2.24, 2.45) is 0 Å². The smallest absolute Gasteiger partial charge is 0.221 e. The summed E-state index contributed by atoms with van der Waals surface area (Å²) in [6.45, 7) is 2.10. The maximum Gasteiger partial charge on any atom is 0.221 e. The van der Waals surface area contributed by atoms with Crippen molar-refractivity contribution < 1.29 is 9.53 Å². The van der Waals surface area contributed by atoms with Crippen LogP contribution in [0.1, 0.15) is 19.8 Å². The summed E-state index contributed by atoms with van der Waals surface area (Å²) in [6, 6.07) is 7.50. The number of amides is 1. The van der Waals surface area contributed by atoms with Gasteiger partial charge in [-0.3, -0.25) is 4.79 Å². The third kappa shape index (κ3) is 5.44. The Labute approximate surface area is 119 Å². The Kier molecular flexibility index (Phi) is 6.69. The van der Waals surface area contributed by atoms with Gasteiger partial charge in [-0.25, -0.2) is 0 Å². The van der Waals surface area contributed by atoms with Gasteiger partial charge in [-0.2, -0.15) is 5.26 Å². The van der Waals surface area contributed by atoms with Crippen LogP contribution in [-0.2, 0) is 4.79 Å². The highest BCUT2D eigenvalue weighted by Crippen LogP contribution is 2.27. The molecule has 0 aliphatic heterocycles. The van der Waals surface area contributed by atoms with Crippen LogP contribution in [0.2, 0.25) is 0 Å². The zero-order valence-electron chi connectivity index (χ0n) is 11.8. The van der Waals surface area contributed by atoms with Gasteiger partial charge in [0.1, 0.15) is 5.75 Å². The number of ether oxygens (including phenoxy) is 1. The number of carbonyl (C=O) groups is 1. The van der Waals surface area contributed by atoms with E-state index in [2.05, 4.69) is 16.7 Å². The number of anilines is 2. The lowest BCUT2D eigenvalue weighted by Gasteiger charge is -2.12. The second-order valence-corrected chi connectivity index (χ2v) is 4.15.